The van der Waals surface area contributed by atoms with E-state index in [9.17, 15) is 5.26 Å². The van der Waals surface area contributed by atoms with Crippen LogP contribution in [-0.4, -0.2) is 9.97 Å². The molecule has 0 unspecified atom stereocenters. The lowest BCUT2D eigenvalue weighted by Gasteiger charge is -2.31. The Bertz CT molecular complexity index is 2430. The zero-order chi connectivity index (χ0) is 30.1. The molecular weight excluding hydrogens is 548 g/mol. The molecule has 0 bridgehead atoms. The molecule has 7 aromatic rings. The second-order valence-electron chi connectivity index (χ2n) is 11.5. The Morgan fingerprint density at radius 1 is 0.578 bits per heavy atom. The van der Waals surface area contributed by atoms with E-state index in [0.29, 0.717) is 11.3 Å². The minimum atomic E-state index is -0.586. The maximum Gasteiger partial charge on any atom is 0.190 e. The van der Waals surface area contributed by atoms with Gasteiger partial charge in [-0.25, -0.2) is 4.85 Å². The molecule has 45 heavy (non-hydrogen) atoms. The third kappa shape index (κ3) is 3.34. The van der Waals surface area contributed by atoms with Crippen LogP contribution in [0.2, 0.25) is 0 Å². The second-order valence-corrected chi connectivity index (χ2v) is 11.5. The first-order valence-electron chi connectivity index (χ1n) is 14.8. The standard InChI is InChI=1S/C41H22N4/c1-43-27-17-19-45-39(22-27)33-23-37-40(31-11-3-2-8-28(31)33)32-15-14-26(38-20-25(24-42)16-18-44-38)21-36(32)41(37)34-12-6-4-9-29(34)30-10-5-7-13-35(30)41/h2-23H. The van der Waals surface area contributed by atoms with Crippen molar-refractivity contribution in [2.75, 3.05) is 0 Å². The molecule has 2 heterocycles. The molecule has 0 atom stereocenters. The summed E-state index contributed by atoms with van der Waals surface area (Å²) in [5, 5.41) is 11.9. The summed E-state index contributed by atoms with van der Waals surface area (Å²) in [6, 6.07) is 44.5. The molecule has 4 heteroatoms. The van der Waals surface area contributed by atoms with E-state index >= 15 is 0 Å². The minimum absolute atomic E-state index is 0.566. The van der Waals surface area contributed by atoms with Crippen molar-refractivity contribution in [3.8, 4) is 50.8 Å². The first-order valence-corrected chi connectivity index (χ1v) is 14.8. The molecule has 2 aromatic heterocycles. The fraction of sp³-hybridized carbons (Fsp3) is 0.0244. The number of nitrogens with zero attached hydrogens (tertiary/aromatic N) is 4. The van der Waals surface area contributed by atoms with Gasteiger partial charge in [-0.05, 0) is 91.7 Å². The Morgan fingerprint density at radius 2 is 1.27 bits per heavy atom. The molecule has 206 valence electrons. The van der Waals surface area contributed by atoms with E-state index in [1.54, 1.807) is 24.5 Å². The summed E-state index contributed by atoms with van der Waals surface area (Å²) in [4.78, 5) is 13.2. The number of pyridine rings is 2. The Kier molecular flexibility index (Phi) is 5.21. The SMILES string of the molecule is [C-]#[N+]c1ccnc(-c2cc3c(c4ccccc24)-c2ccc(-c4cc(C#N)ccn4)cc2C32c3ccccc3-c3ccccc32)c1. The van der Waals surface area contributed by atoms with Crippen molar-refractivity contribution in [1.82, 2.24) is 9.97 Å². The largest absolute Gasteiger partial charge is 0.259 e. The normalized spacial score (nSPS) is 13.0. The van der Waals surface area contributed by atoms with Crippen LogP contribution in [0.1, 0.15) is 27.8 Å². The lowest BCUT2D eigenvalue weighted by atomic mass is 9.69. The smallest absolute Gasteiger partial charge is 0.190 e. The molecule has 0 N–H and O–H groups in total. The molecule has 0 aliphatic heterocycles. The third-order valence-electron chi connectivity index (χ3n) is 9.43. The summed E-state index contributed by atoms with van der Waals surface area (Å²) in [5.41, 5.74) is 13.8. The molecule has 9 rings (SSSR count). The number of benzene rings is 5. The molecule has 2 aliphatic carbocycles. The van der Waals surface area contributed by atoms with Gasteiger partial charge in [-0.3, -0.25) is 9.97 Å². The molecule has 0 saturated carbocycles. The number of hydrogen-bond acceptors (Lipinski definition) is 3. The predicted octanol–water partition coefficient (Wildman–Crippen LogP) is 9.73. The van der Waals surface area contributed by atoms with Crippen molar-refractivity contribution >= 4 is 16.5 Å². The fourth-order valence-electron chi connectivity index (χ4n) is 7.66. The van der Waals surface area contributed by atoms with E-state index in [2.05, 4.69) is 113 Å². The van der Waals surface area contributed by atoms with Gasteiger partial charge in [0.25, 0.3) is 0 Å². The Morgan fingerprint density at radius 3 is 2.02 bits per heavy atom. The van der Waals surface area contributed by atoms with Crippen LogP contribution in [0.4, 0.5) is 5.69 Å². The van der Waals surface area contributed by atoms with Crippen molar-refractivity contribution < 1.29 is 0 Å². The van der Waals surface area contributed by atoms with Gasteiger partial charge in [-0.2, -0.15) is 5.26 Å². The van der Waals surface area contributed by atoms with E-state index in [0.717, 1.165) is 33.3 Å². The van der Waals surface area contributed by atoms with Gasteiger partial charge >= 0.3 is 0 Å². The summed E-state index contributed by atoms with van der Waals surface area (Å²) in [5.74, 6) is 0. The van der Waals surface area contributed by atoms with Gasteiger partial charge in [-0.1, -0.05) is 84.9 Å². The van der Waals surface area contributed by atoms with Crippen molar-refractivity contribution in [3.05, 3.63) is 173 Å². The van der Waals surface area contributed by atoms with Crippen LogP contribution in [-0.2, 0) is 5.41 Å². The van der Waals surface area contributed by atoms with Gasteiger partial charge in [0.1, 0.15) is 0 Å². The van der Waals surface area contributed by atoms with E-state index in [1.165, 1.54) is 44.5 Å². The summed E-state index contributed by atoms with van der Waals surface area (Å²) in [7, 11) is 0. The first kappa shape index (κ1) is 25.2. The third-order valence-corrected chi connectivity index (χ3v) is 9.43. The van der Waals surface area contributed by atoms with Gasteiger partial charge in [0.15, 0.2) is 5.69 Å². The highest BCUT2D eigenvalue weighted by atomic mass is 14.7. The average Bonchev–Trinajstić information content (AvgIpc) is 3.58. The maximum atomic E-state index is 9.62. The van der Waals surface area contributed by atoms with Crippen LogP contribution in [0.25, 0.3) is 60.4 Å². The van der Waals surface area contributed by atoms with Crippen molar-refractivity contribution in [3.63, 3.8) is 0 Å². The lowest BCUT2D eigenvalue weighted by molar-refractivity contribution is 0.795. The highest BCUT2D eigenvalue weighted by Crippen LogP contribution is 2.64. The number of rotatable bonds is 2. The average molecular weight is 571 g/mol. The Hall–Kier alpha value is -6.36. The summed E-state index contributed by atoms with van der Waals surface area (Å²) < 4.78 is 0. The molecule has 4 nitrogen and oxygen atoms in total. The monoisotopic (exact) mass is 570 g/mol. The summed E-state index contributed by atoms with van der Waals surface area (Å²) >= 11 is 0. The van der Waals surface area contributed by atoms with Crippen LogP contribution < -0.4 is 0 Å². The molecular formula is C41H22N4. The number of fused-ring (bicyclic) bond motifs is 12. The Balaban J connectivity index is 1.46. The van der Waals surface area contributed by atoms with Gasteiger partial charge in [0.2, 0.25) is 0 Å². The maximum absolute atomic E-state index is 9.62. The van der Waals surface area contributed by atoms with Crippen molar-refractivity contribution in [2.24, 2.45) is 0 Å². The highest BCUT2D eigenvalue weighted by molar-refractivity contribution is 6.11. The molecule has 5 aromatic carbocycles. The second kappa shape index (κ2) is 9.32. The van der Waals surface area contributed by atoms with Crippen LogP contribution >= 0.6 is 0 Å². The zero-order valence-corrected chi connectivity index (χ0v) is 24.0. The molecule has 0 saturated heterocycles. The number of nitriles is 1. The predicted molar refractivity (Wildman–Crippen MR) is 178 cm³/mol. The van der Waals surface area contributed by atoms with Crippen molar-refractivity contribution in [1.29, 1.82) is 5.26 Å². The lowest BCUT2D eigenvalue weighted by Crippen LogP contribution is -2.26. The van der Waals surface area contributed by atoms with Crippen molar-refractivity contribution in [2.45, 2.75) is 5.41 Å². The van der Waals surface area contributed by atoms with E-state index in [4.69, 9.17) is 11.6 Å². The van der Waals surface area contributed by atoms with Gasteiger partial charge in [0, 0.05) is 23.5 Å². The molecule has 0 amide bonds. The molecule has 1 spiro atoms. The van der Waals surface area contributed by atoms with Crippen LogP contribution in [0.15, 0.2) is 134 Å². The van der Waals surface area contributed by atoms with Crippen LogP contribution in [0, 0.1) is 17.9 Å². The topological polar surface area (TPSA) is 53.9 Å². The van der Waals surface area contributed by atoms with E-state index < -0.39 is 5.41 Å². The number of hydrogen-bond donors (Lipinski definition) is 0. The molecule has 2 aliphatic rings. The van der Waals surface area contributed by atoms with Gasteiger partial charge in [-0.15, -0.1) is 0 Å². The quantitative estimate of drug-likeness (QED) is 0.194. The molecule has 0 radical (unpaired) electrons. The van der Waals surface area contributed by atoms with Crippen LogP contribution in [0.5, 0.6) is 0 Å². The van der Waals surface area contributed by atoms with E-state index in [1.807, 2.05) is 12.1 Å². The molecule has 0 fully saturated rings. The fourth-order valence-corrected chi connectivity index (χ4v) is 7.66. The first-order chi connectivity index (χ1) is 22.2. The minimum Gasteiger partial charge on any atom is -0.259 e. The Labute approximate surface area is 260 Å². The van der Waals surface area contributed by atoms with Gasteiger partial charge in [0.05, 0.1) is 35.0 Å². The van der Waals surface area contributed by atoms with E-state index in [-0.39, 0.29) is 0 Å². The summed E-state index contributed by atoms with van der Waals surface area (Å²) in [6.45, 7) is 7.66. The highest BCUT2D eigenvalue weighted by Gasteiger charge is 2.52. The van der Waals surface area contributed by atoms with Gasteiger partial charge < -0.3 is 0 Å². The summed E-state index contributed by atoms with van der Waals surface area (Å²) in [6.07, 6.45) is 3.43. The van der Waals surface area contributed by atoms with Crippen LogP contribution in [0.3, 0.4) is 0 Å². The zero-order valence-electron chi connectivity index (χ0n) is 24.0. The number of aromatic nitrogens is 2.